The molecule has 1 fully saturated rings. The number of amides is 1. The number of likely N-dealkylation sites (tertiary alicyclic amines) is 1. The van der Waals surface area contributed by atoms with Crippen LogP contribution in [0.25, 0.3) is 0 Å². The average molecular weight is 344 g/mol. The van der Waals surface area contributed by atoms with E-state index in [2.05, 4.69) is 10.2 Å². The average Bonchev–Trinajstić information content (AvgIpc) is 2.55. The number of hydrogen-bond donors (Lipinski definition) is 2. The van der Waals surface area contributed by atoms with Crippen LogP contribution in [0.1, 0.15) is 30.4 Å². The van der Waals surface area contributed by atoms with Gasteiger partial charge in [-0.15, -0.1) is 0 Å². The van der Waals surface area contributed by atoms with Gasteiger partial charge >= 0.3 is 6.18 Å². The van der Waals surface area contributed by atoms with E-state index in [4.69, 9.17) is 0 Å². The first-order chi connectivity index (χ1) is 11.4. The third-order valence-corrected chi connectivity index (χ3v) is 4.30. The Labute approximate surface area is 139 Å². The predicted molar refractivity (Wildman–Crippen MR) is 84.5 cm³/mol. The molecule has 24 heavy (non-hydrogen) atoms. The first kappa shape index (κ1) is 18.7. The van der Waals surface area contributed by atoms with Crippen LogP contribution in [0.4, 0.5) is 13.2 Å². The third-order valence-electron chi connectivity index (χ3n) is 4.30. The number of rotatable bonds is 6. The number of benzene rings is 1. The lowest BCUT2D eigenvalue weighted by Gasteiger charge is -2.34. The number of carbonyl (C=O) groups excluding carboxylic acids is 1. The van der Waals surface area contributed by atoms with Crippen molar-refractivity contribution in [3.63, 3.8) is 0 Å². The van der Waals surface area contributed by atoms with E-state index in [1.54, 1.807) is 0 Å². The summed E-state index contributed by atoms with van der Waals surface area (Å²) in [7, 11) is 0. The van der Waals surface area contributed by atoms with Crippen molar-refractivity contribution in [3.8, 4) is 0 Å². The fourth-order valence-corrected chi connectivity index (χ4v) is 3.01. The number of aliphatic hydroxyl groups is 1. The second kappa shape index (κ2) is 8.48. The molecule has 7 heteroatoms. The molecular formula is C17H23F3N2O2. The summed E-state index contributed by atoms with van der Waals surface area (Å²) >= 11 is 0. The van der Waals surface area contributed by atoms with E-state index < -0.39 is 11.7 Å². The van der Waals surface area contributed by atoms with Crippen LogP contribution >= 0.6 is 0 Å². The second-order valence-corrected chi connectivity index (χ2v) is 6.09. The zero-order valence-corrected chi connectivity index (χ0v) is 13.5. The van der Waals surface area contributed by atoms with Gasteiger partial charge in [0.15, 0.2) is 0 Å². The Morgan fingerprint density at radius 3 is 2.83 bits per heavy atom. The molecule has 1 amide bonds. The van der Waals surface area contributed by atoms with Crippen molar-refractivity contribution in [2.24, 2.45) is 0 Å². The minimum absolute atomic E-state index is 0.0760. The Morgan fingerprint density at radius 1 is 1.33 bits per heavy atom. The monoisotopic (exact) mass is 344 g/mol. The van der Waals surface area contributed by atoms with Gasteiger partial charge in [-0.1, -0.05) is 24.6 Å². The van der Waals surface area contributed by atoms with Gasteiger partial charge in [0.25, 0.3) is 0 Å². The molecule has 1 saturated heterocycles. The molecule has 0 bridgehead atoms. The van der Waals surface area contributed by atoms with Crippen LogP contribution in [-0.4, -0.2) is 48.2 Å². The van der Waals surface area contributed by atoms with Crippen molar-refractivity contribution in [2.75, 3.05) is 26.2 Å². The molecule has 0 radical (unpaired) electrons. The molecule has 1 aliphatic rings. The summed E-state index contributed by atoms with van der Waals surface area (Å²) in [6, 6.07) is 4.96. The van der Waals surface area contributed by atoms with E-state index in [1.165, 1.54) is 12.1 Å². The number of carbonyl (C=O) groups is 1. The Balaban J connectivity index is 1.79. The second-order valence-electron chi connectivity index (χ2n) is 6.09. The maximum Gasteiger partial charge on any atom is 0.416 e. The van der Waals surface area contributed by atoms with Gasteiger partial charge in [0.2, 0.25) is 5.91 Å². The van der Waals surface area contributed by atoms with Crippen LogP contribution in [0, 0.1) is 0 Å². The lowest BCUT2D eigenvalue weighted by Crippen LogP contribution is -2.45. The molecule has 1 heterocycles. The first-order valence-electron chi connectivity index (χ1n) is 8.18. The van der Waals surface area contributed by atoms with Crippen molar-refractivity contribution >= 4 is 5.91 Å². The molecule has 134 valence electrons. The number of alkyl halides is 3. The molecular weight excluding hydrogens is 321 g/mol. The normalized spacial score (nSPS) is 19.2. The van der Waals surface area contributed by atoms with Gasteiger partial charge in [-0.05, 0) is 31.0 Å². The van der Waals surface area contributed by atoms with E-state index in [1.807, 2.05) is 0 Å². The van der Waals surface area contributed by atoms with Crippen LogP contribution in [0.2, 0.25) is 0 Å². The van der Waals surface area contributed by atoms with E-state index in [9.17, 15) is 23.1 Å². The van der Waals surface area contributed by atoms with Crippen molar-refractivity contribution in [3.05, 3.63) is 35.4 Å². The molecule has 2 N–H and O–H groups in total. The Kier molecular flexibility index (Phi) is 6.62. The molecule has 0 aromatic heterocycles. The zero-order chi connectivity index (χ0) is 17.6. The lowest BCUT2D eigenvalue weighted by molar-refractivity contribution is -0.137. The van der Waals surface area contributed by atoms with Crippen LogP contribution in [0.5, 0.6) is 0 Å². The quantitative estimate of drug-likeness (QED) is 0.832. The molecule has 4 nitrogen and oxygen atoms in total. The Bertz CT molecular complexity index is 549. The molecule has 1 aliphatic heterocycles. The van der Waals surface area contributed by atoms with Gasteiger partial charge in [-0.3, -0.25) is 9.69 Å². The number of hydrogen-bond acceptors (Lipinski definition) is 3. The molecule has 0 spiro atoms. The van der Waals surface area contributed by atoms with Gasteiger partial charge in [-0.2, -0.15) is 13.2 Å². The standard InChI is InChI=1S/C17H23F3N2O2/c18-17(19,20)14-5-3-4-13(10-14)11-16(24)21-7-9-22-8-2-1-6-15(22)12-23/h3-5,10,15,23H,1-2,6-9,11-12H2,(H,21,24). The predicted octanol–water partition coefficient (Wildman–Crippen LogP) is 2.21. The molecule has 0 aliphatic carbocycles. The van der Waals surface area contributed by atoms with Crippen molar-refractivity contribution < 1.29 is 23.1 Å². The lowest BCUT2D eigenvalue weighted by atomic mass is 10.0. The van der Waals surface area contributed by atoms with E-state index >= 15 is 0 Å². The number of nitrogens with one attached hydrogen (secondary N) is 1. The molecule has 1 unspecified atom stereocenters. The van der Waals surface area contributed by atoms with Crippen LogP contribution in [0.3, 0.4) is 0 Å². The molecule has 1 aromatic rings. The molecule has 1 atom stereocenters. The summed E-state index contributed by atoms with van der Waals surface area (Å²) in [5, 5.41) is 12.1. The van der Waals surface area contributed by atoms with Gasteiger partial charge in [0, 0.05) is 19.1 Å². The maximum atomic E-state index is 12.7. The highest BCUT2D eigenvalue weighted by molar-refractivity contribution is 5.78. The van der Waals surface area contributed by atoms with Crippen molar-refractivity contribution in [1.82, 2.24) is 10.2 Å². The number of piperidine rings is 1. The fraction of sp³-hybridized carbons (Fsp3) is 0.588. The largest absolute Gasteiger partial charge is 0.416 e. The maximum absolute atomic E-state index is 12.7. The van der Waals surface area contributed by atoms with Gasteiger partial charge in [-0.25, -0.2) is 0 Å². The van der Waals surface area contributed by atoms with Crippen LogP contribution in [0.15, 0.2) is 24.3 Å². The van der Waals surface area contributed by atoms with Gasteiger partial charge < -0.3 is 10.4 Å². The third kappa shape index (κ3) is 5.49. The summed E-state index contributed by atoms with van der Waals surface area (Å²) in [5.41, 5.74) is -0.402. The Morgan fingerprint density at radius 2 is 2.12 bits per heavy atom. The number of nitrogens with zero attached hydrogens (tertiary/aromatic N) is 1. The highest BCUT2D eigenvalue weighted by Crippen LogP contribution is 2.29. The van der Waals surface area contributed by atoms with E-state index in [-0.39, 0.29) is 25.0 Å². The van der Waals surface area contributed by atoms with E-state index in [0.29, 0.717) is 18.7 Å². The summed E-state index contributed by atoms with van der Waals surface area (Å²) in [5.74, 6) is -0.299. The molecule has 1 aromatic carbocycles. The van der Waals surface area contributed by atoms with Crippen molar-refractivity contribution in [1.29, 1.82) is 0 Å². The van der Waals surface area contributed by atoms with Crippen LogP contribution in [-0.2, 0) is 17.4 Å². The van der Waals surface area contributed by atoms with Crippen molar-refractivity contribution in [2.45, 2.75) is 37.9 Å². The highest BCUT2D eigenvalue weighted by Gasteiger charge is 2.30. The van der Waals surface area contributed by atoms with Gasteiger partial charge in [0.1, 0.15) is 0 Å². The zero-order valence-electron chi connectivity index (χ0n) is 13.5. The van der Waals surface area contributed by atoms with Crippen LogP contribution < -0.4 is 5.32 Å². The molecule has 0 saturated carbocycles. The minimum Gasteiger partial charge on any atom is -0.395 e. The number of aliphatic hydroxyl groups excluding tert-OH is 1. The summed E-state index contributed by atoms with van der Waals surface area (Å²) in [6.07, 6.45) is -1.35. The number of halogens is 3. The SMILES string of the molecule is O=C(Cc1cccc(C(F)(F)F)c1)NCCN1CCCCC1CO. The fourth-order valence-electron chi connectivity index (χ4n) is 3.01. The highest BCUT2D eigenvalue weighted by atomic mass is 19.4. The summed E-state index contributed by atoms with van der Waals surface area (Å²) in [6.45, 7) is 2.07. The van der Waals surface area contributed by atoms with Gasteiger partial charge in [0.05, 0.1) is 18.6 Å². The smallest absolute Gasteiger partial charge is 0.395 e. The van der Waals surface area contributed by atoms with E-state index in [0.717, 1.165) is 37.9 Å². The minimum atomic E-state index is -4.40. The topological polar surface area (TPSA) is 52.6 Å². The summed E-state index contributed by atoms with van der Waals surface area (Å²) < 4.78 is 38.0. The molecule has 2 rings (SSSR count). The first-order valence-corrected chi connectivity index (χ1v) is 8.18. The Hall–Kier alpha value is -1.60. The summed E-state index contributed by atoms with van der Waals surface area (Å²) in [4.78, 5) is 14.1.